The van der Waals surface area contributed by atoms with Crippen molar-refractivity contribution >= 4 is 17.4 Å². The van der Waals surface area contributed by atoms with Crippen LogP contribution in [0.25, 0.3) is 0 Å². The highest BCUT2D eigenvalue weighted by molar-refractivity contribution is 7.98. The number of rotatable bonds is 2. The Morgan fingerprint density at radius 1 is 1.62 bits per heavy atom. The van der Waals surface area contributed by atoms with Crippen molar-refractivity contribution < 1.29 is 4.92 Å². The van der Waals surface area contributed by atoms with Gasteiger partial charge in [0, 0.05) is 17.0 Å². The molecule has 0 unspecified atom stereocenters. The number of nitriles is 1. The molecular weight excluding hydrogens is 188 g/mol. The van der Waals surface area contributed by atoms with Gasteiger partial charge >= 0.3 is 0 Å². The SMILES string of the molecule is CSc1cc([N+](=O)[O-])ccc1C#N. The largest absolute Gasteiger partial charge is 0.270 e. The molecule has 0 amide bonds. The molecule has 0 aromatic heterocycles. The van der Waals surface area contributed by atoms with Crippen molar-refractivity contribution in [3.05, 3.63) is 33.9 Å². The first-order valence-electron chi connectivity index (χ1n) is 3.41. The predicted octanol–water partition coefficient (Wildman–Crippen LogP) is 2.19. The summed E-state index contributed by atoms with van der Waals surface area (Å²) >= 11 is 1.32. The van der Waals surface area contributed by atoms with Crippen LogP contribution in [0.4, 0.5) is 5.69 Å². The summed E-state index contributed by atoms with van der Waals surface area (Å²) in [6, 6.07) is 6.17. The molecule has 0 bridgehead atoms. The van der Waals surface area contributed by atoms with Gasteiger partial charge in [0.05, 0.1) is 10.5 Å². The van der Waals surface area contributed by atoms with Crippen LogP contribution >= 0.6 is 11.8 Å². The molecule has 13 heavy (non-hydrogen) atoms. The van der Waals surface area contributed by atoms with Crippen LogP contribution in [0.2, 0.25) is 0 Å². The van der Waals surface area contributed by atoms with Crippen molar-refractivity contribution in [1.29, 1.82) is 5.26 Å². The molecule has 0 atom stereocenters. The Balaban J connectivity index is 3.23. The Labute approximate surface area is 79.3 Å². The van der Waals surface area contributed by atoms with E-state index in [0.717, 1.165) is 0 Å². The lowest BCUT2D eigenvalue weighted by Gasteiger charge is -1.98. The molecule has 0 aliphatic rings. The Kier molecular flexibility index (Phi) is 2.88. The third-order valence-electron chi connectivity index (χ3n) is 1.52. The van der Waals surface area contributed by atoms with Gasteiger partial charge in [0.1, 0.15) is 6.07 Å². The second-order valence-electron chi connectivity index (χ2n) is 2.25. The number of nitro benzene ring substituents is 1. The van der Waals surface area contributed by atoms with E-state index in [1.54, 1.807) is 6.26 Å². The quantitative estimate of drug-likeness (QED) is 0.411. The summed E-state index contributed by atoms with van der Waals surface area (Å²) in [6.07, 6.45) is 1.78. The van der Waals surface area contributed by atoms with E-state index in [0.29, 0.717) is 10.5 Å². The molecule has 0 aliphatic heterocycles. The molecule has 0 spiro atoms. The number of benzene rings is 1. The lowest BCUT2D eigenvalue weighted by atomic mass is 10.2. The van der Waals surface area contributed by atoms with Crippen LogP contribution in [-0.4, -0.2) is 11.2 Å². The average Bonchev–Trinajstić information content (AvgIpc) is 2.16. The fraction of sp³-hybridized carbons (Fsp3) is 0.125. The van der Waals surface area contributed by atoms with Gasteiger partial charge in [-0.15, -0.1) is 11.8 Å². The zero-order chi connectivity index (χ0) is 9.84. The minimum atomic E-state index is -0.471. The fourth-order valence-electron chi connectivity index (χ4n) is 0.886. The molecule has 1 aromatic carbocycles. The number of non-ortho nitro benzene ring substituents is 1. The highest BCUT2D eigenvalue weighted by Gasteiger charge is 2.09. The molecule has 0 saturated heterocycles. The molecule has 4 nitrogen and oxygen atoms in total. The Morgan fingerprint density at radius 3 is 2.77 bits per heavy atom. The number of thioether (sulfide) groups is 1. The summed E-state index contributed by atoms with van der Waals surface area (Å²) < 4.78 is 0. The van der Waals surface area contributed by atoms with E-state index in [1.807, 2.05) is 6.07 Å². The maximum atomic E-state index is 10.4. The molecule has 0 fully saturated rings. The summed E-state index contributed by atoms with van der Waals surface area (Å²) in [5.41, 5.74) is 0.487. The molecule has 0 heterocycles. The van der Waals surface area contributed by atoms with Crippen molar-refractivity contribution in [1.82, 2.24) is 0 Å². The third-order valence-corrected chi connectivity index (χ3v) is 2.29. The second kappa shape index (κ2) is 3.92. The monoisotopic (exact) mass is 194 g/mol. The molecule has 0 radical (unpaired) electrons. The second-order valence-corrected chi connectivity index (χ2v) is 3.10. The lowest BCUT2D eigenvalue weighted by molar-refractivity contribution is -0.385. The normalized spacial score (nSPS) is 9.23. The minimum absolute atomic E-state index is 0.0170. The highest BCUT2D eigenvalue weighted by atomic mass is 32.2. The first-order chi connectivity index (χ1) is 6.19. The van der Waals surface area contributed by atoms with Crippen molar-refractivity contribution in [2.24, 2.45) is 0 Å². The molecule has 1 aromatic rings. The maximum absolute atomic E-state index is 10.4. The summed E-state index contributed by atoms with van der Waals surface area (Å²) in [7, 11) is 0. The third kappa shape index (κ3) is 1.98. The molecular formula is C8H6N2O2S. The van der Waals surface area contributed by atoms with Crippen LogP contribution in [0, 0.1) is 21.4 Å². The van der Waals surface area contributed by atoms with E-state index >= 15 is 0 Å². The Hall–Kier alpha value is -1.54. The van der Waals surface area contributed by atoms with Gasteiger partial charge in [0.25, 0.3) is 5.69 Å². The van der Waals surface area contributed by atoms with Crippen LogP contribution in [-0.2, 0) is 0 Å². The van der Waals surface area contributed by atoms with Gasteiger partial charge < -0.3 is 0 Å². The summed E-state index contributed by atoms with van der Waals surface area (Å²) in [6.45, 7) is 0. The van der Waals surface area contributed by atoms with E-state index in [1.165, 1.54) is 30.0 Å². The smallest absolute Gasteiger partial charge is 0.258 e. The standard InChI is InChI=1S/C8H6N2O2S/c1-13-8-4-7(10(11)12)3-2-6(8)5-9/h2-4H,1H3. The highest BCUT2D eigenvalue weighted by Crippen LogP contribution is 2.24. The van der Waals surface area contributed by atoms with Gasteiger partial charge in [0.2, 0.25) is 0 Å². The molecule has 0 aliphatic carbocycles. The van der Waals surface area contributed by atoms with Gasteiger partial charge in [-0.1, -0.05) is 0 Å². The van der Waals surface area contributed by atoms with Crippen molar-refractivity contribution in [3.8, 4) is 6.07 Å². The first-order valence-corrected chi connectivity index (χ1v) is 4.64. The molecule has 1 rings (SSSR count). The van der Waals surface area contributed by atoms with Gasteiger partial charge in [-0.05, 0) is 12.3 Å². The molecule has 0 saturated carbocycles. The van der Waals surface area contributed by atoms with Crippen LogP contribution in [0.5, 0.6) is 0 Å². The summed E-state index contributed by atoms with van der Waals surface area (Å²) in [5.74, 6) is 0. The van der Waals surface area contributed by atoms with E-state index < -0.39 is 4.92 Å². The van der Waals surface area contributed by atoms with Crippen molar-refractivity contribution in [2.45, 2.75) is 4.90 Å². The number of hydrogen-bond acceptors (Lipinski definition) is 4. The van der Waals surface area contributed by atoms with Crippen LogP contribution < -0.4 is 0 Å². The van der Waals surface area contributed by atoms with Gasteiger partial charge in [0.15, 0.2) is 0 Å². The predicted molar refractivity (Wildman–Crippen MR) is 49.6 cm³/mol. The van der Waals surface area contributed by atoms with Gasteiger partial charge in [-0.2, -0.15) is 5.26 Å². The van der Waals surface area contributed by atoms with Crippen molar-refractivity contribution in [2.75, 3.05) is 6.26 Å². The van der Waals surface area contributed by atoms with E-state index in [9.17, 15) is 10.1 Å². The lowest BCUT2D eigenvalue weighted by Crippen LogP contribution is -1.89. The van der Waals surface area contributed by atoms with Crippen LogP contribution in [0.1, 0.15) is 5.56 Å². The minimum Gasteiger partial charge on any atom is -0.258 e. The first kappa shape index (κ1) is 9.55. The number of nitro groups is 1. The van der Waals surface area contributed by atoms with Gasteiger partial charge in [-0.25, -0.2) is 0 Å². The van der Waals surface area contributed by atoms with Crippen LogP contribution in [0.3, 0.4) is 0 Å². The molecule has 66 valence electrons. The van der Waals surface area contributed by atoms with E-state index in [-0.39, 0.29) is 5.69 Å². The average molecular weight is 194 g/mol. The Bertz CT molecular complexity index is 384. The summed E-state index contributed by atoms with van der Waals surface area (Å²) in [5, 5.41) is 19.0. The zero-order valence-corrected chi connectivity index (χ0v) is 7.67. The Morgan fingerprint density at radius 2 is 2.31 bits per heavy atom. The maximum Gasteiger partial charge on any atom is 0.270 e. The van der Waals surface area contributed by atoms with Crippen LogP contribution in [0.15, 0.2) is 23.1 Å². The summed E-state index contributed by atoms with van der Waals surface area (Å²) in [4.78, 5) is 10.5. The number of hydrogen-bond donors (Lipinski definition) is 0. The van der Waals surface area contributed by atoms with E-state index in [4.69, 9.17) is 5.26 Å². The fourth-order valence-corrected chi connectivity index (χ4v) is 1.46. The van der Waals surface area contributed by atoms with Gasteiger partial charge in [-0.3, -0.25) is 10.1 Å². The topological polar surface area (TPSA) is 66.9 Å². The zero-order valence-electron chi connectivity index (χ0n) is 6.85. The van der Waals surface area contributed by atoms with Crippen molar-refractivity contribution in [3.63, 3.8) is 0 Å². The van der Waals surface area contributed by atoms with E-state index in [2.05, 4.69) is 0 Å². The molecule has 5 heteroatoms. The number of nitrogens with zero attached hydrogens (tertiary/aromatic N) is 2. The molecule has 0 N–H and O–H groups in total.